The average molecular weight is 965 g/mol. The Balaban J connectivity index is 2.22. The van der Waals surface area contributed by atoms with Gasteiger partial charge in [0.25, 0.3) is 0 Å². The van der Waals surface area contributed by atoms with Gasteiger partial charge in [0.2, 0.25) is 5.91 Å². The Morgan fingerprint density at radius 2 is 0.838 bits per heavy atom. The van der Waals surface area contributed by atoms with Crippen LogP contribution in [0.4, 0.5) is 0 Å². The predicted octanol–water partition coefficient (Wildman–Crippen LogP) is 14.6. The number of hydrogen-bond acceptors (Lipinski definition) is 8. The molecule has 9 heteroatoms. The van der Waals surface area contributed by atoms with Crippen molar-refractivity contribution in [3.63, 3.8) is 0 Å². The molecule has 1 aliphatic heterocycles. The van der Waals surface area contributed by atoms with E-state index in [9.17, 15) is 30.3 Å². The topological polar surface area (TPSA) is 149 Å². The molecule has 0 aromatic rings. The minimum atomic E-state index is -1.57. The van der Waals surface area contributed by atoms with Crippen LogP contribution < -0.4 is 5.32 Å². The van der Waals surface area contributed by atoms with E-state index in [1.165, 1.54) is 231 Å². The van der Waals surface area contributed by atoms with Crippen LogP contribution in [0.1, 0.15) is 290 Å². The molecule has 7 atom stereocenters. The number of carbonyl (C=O) groups excluding carboxylic acids is 1. The van der Waals surface area contributed by atoms with Crippen LogP contribution in [0, 0.1) is 0 Å². The van der Waals surface area contributed by atoms with Gasteiger partial charge in [-0.2, -0.15) is 0 Å². The molecule has 9 nitrogen and oxygen atoms in total. The molecule has 68 heavy (non-hydrogen) atoms. The summed E-state index contributed by atoms with van der Waals surface area (Å²) in [5.74, 6) is -0.180. The molecule has 6 N–H and O–H groups in total. The molecule has 1 saturated heterocycles. The molecule has 0 radical (unpaired) electrons. The number of nitrogens with one attached hydrogen (secondary N) is 1. The van der Waals surface area contributed by atoms with Gasteiger partial charge in [0, 0.05) is 6.42 Å². The molecule has 0 aromatic heterocycles. The molecule has 0 spiro atoms. The summed E-state index contributed by atoms with van der Waals surface area (Å²) in [5, 5.41) is 54.5. The second-order valence-corrected chi connectivity index (χ2v) is 20.8. The molecule has 7 unspecified atom stereocenters. The fourth-order valence-corrected chi connectivity index (χ4v) is 9.59. The lowest BCUT2D eigenvalue weighted by molar-refractivity contribution is -0.302. The standard InChI is InChI=1S/C59H113NO8/c1-3-5-7-9-11-13-15-17-19-21-23-25-26-27-28-29-31-33-35-37-39-41-43-45-47-49-55(63)60-52(51-67-59-58(66)57(65)56(64)54(50-61)68-59)53(62)48-46-44-42-40-38-36-34-32-30-24-22-20-18-16-14-12-10-8-6-4-2/h38,40,46,48,52-54,56-59,61-62,64-66H,3-37,39,41-45,47,49-51H2,1-2H3,(H,60,63)/b40-38+,48-46+. The van der Waals surface area contributed by atoms with Crippen LogP contribution in [0.3, 0.4) is 0 Å². The fraction of sp³-hybridized carbons (Fsp3) is 0.915. The molecule has 1 rings (SSSR count). The maximum Gasteiger partial charge on any atom is 0.220 e. The van der Waals surface area contributed by atoms with Crippen LogP contribution in [0.5, 0.6) is 0 Å². The zero-order valence-electron chi connectivity index (χ0n) is 44.6. The number of hydrogen-bond donors (Lipinski definition) is 6. The van der Waals surface area contributed by atoms with Gasteiger partial charge in [-0.3, -0.25) is 4.79 Å². The minimum absolute atomic E-state index is 0.180. The summed E-state index contributed by atoms with van der Waals surface area (Å²) >= 11 is 0. The smallest absolute Gasteiger partial charge is 0.220 e. The van der Waals surface area contributed by atoms with Gasteiger partial charge in [-0.1, -0.05) is 276 Å². The highest BCUT2D eigenvalue weighted by Crippen LogP contribution is 2.23. The van der Waals surface area contributed by atoms with Crippen LogP contribution in [0.2, 0.25) is 0 Å². The SMILES string of the molecule is CCCCCCCCCCCCCCCC/C=C/CC/C=C/C(O)C(COC1OC(CO)C(O)C(O)C1O)NC(=O)CCCCCCCCCCCCCCCCCCCCCCCCCCC. The summed E-state index contributed by atoms with van der Waals surface area (Å²) in [6.45, 7) is 3.80. The maximum atomic E-state index is 13.1. The first-order valence-corrected chi connectivity index (χ1v) is 29.6. The van der Waals surface area contributed by atoms with E-state index in [-0.39, 0.29) is 12.5 Å². The molecule has 1 amide bonds. The first-order valence-electron chi connectivity index (χ1n) is 29.6. The fourth-order valence-electron chi connectivity index (χ4n) is 9.59. The number of ether oxygens (including phenoxy) is 2. The normalized spacial score (nSPS) is 19.7. The van der Waals surface area contributed by atoms with Gasteiger partial charge in [0.15, 0.2) is 6.29 Å². The summed E-state index contributed by atoms with van der Waals surface area (Å²) in [4.78, 5) is 13.1. The average Bonchev–Trinajstić information content (AvgIpc) is 3.34. The molecule has 0 aromatic carbocycles. The number of aliphatic hydroxyl groups excluding tert-OH is 5. The molecular formula is C59H113NO8. The predicted molar refractivity (Wildman–Crippen MR) is 286 cm³/mol. The van der Waals surface area contributed by atoms with Crippen LogP contribution >= 0.6 is 0 Å². The lowest BCUT2D eigenvalue weighted by atomic mass is 9.99. The van der Waals surface area contributed by atoms with Crippen LogP contribution in [0.15, 0.2) is 24.3 Å². The number of amides is 1. The van der Waals surface area contributed by atoms with E-state index in [0.29, 0.717) is 6.42 Å². The minimum Gasteiger partial charge on any atom is -0.394 e. The van der Waals surface area contributed by atoms with Crippen molar-refractivity contribution in [2.24, 2.45) is 0 Å². The highest BCUT2D eigenvalue weighted by atomic mass is 16.7. The van der Waals surface area contributed by atoms with E-state index in [2.05, 4.69) is 31.3 Å². The summed E-state index contributed by atoms with van der Waals surface area (Å²) in [5.41, 5.74) is 0. The van der Waals surface area contributed by atoms with Crippen molar-refractivity contribution < 1.29 is 39.8 Å². The molecule has 402 valence electrons. The van der Waals surface area contributed by atoms with E-state index in [1.807, 2.05) is 6.08 Å². The molecule has 0 aliphatic carbocycles. The van der Waals surface area contributed by atoms with Crippen molar-refractivity contribution in [3.8, 4) is 0 Å². The summed E-state index contributed by atoms with van der Waals surface area (Å²) in [6, 6.07) is -0.818. The van der Waals surface area contributed by atoms with Gasteiger partial charge in [0.05, 0.1) is 25.4 Å². The Morgan fingerprint density at radius 3 is 1.24 bits per heavy atom. The number of rotatable bonds is 51. The van der Waals surface area contributed by atoms with Crippen LogP contribution in [-0.4, -0.2) is 87.5 Å². The lowest BCUT2D eigenvalue weighted by Gasteiger charge is -2.40. The van der Waals surface area contributed by atoms with Crippen molar-refractivity contribution in [3.05, 3.63) is 24.3 Å². The highest BCUT2D eigenvalue weighted by Gasteiger charge is 2.44. The van der Waals surface area contributed by atoms with Crippen molar-refractivity contribution in [1.82, 2.24) is 5.32 Å². The zero-order chi connectivity index (χ0) is 49.4. The second kappa shape index (κ2) is 49.3. The van der Waals surface area contributed by atoms with E-state index in [4.69, 9.17) is 9.47 Å². The first kappa shape index (κ1) is 64.7. The van der Waals surface area contributed by atoms with Crippen molar-refractivity contribution in [2.45, 2.75) is 333 Å². The van der Waals surface area contributed by atoms with Crippen molar-refractivity contribution in [2.75, 3.05) is 13.2 Å². The molecule has 1 heterocycles. The van der Waals surface area contributed by atoms with E-state index < -0.39 is 49.5 Å². The molecule has 0 bridgehead atoms. The Morgan fingerprint density at radius 1 is 0.485 bits per heavy atom. The van der Waals surface area contributed by atoms with Gasteiger partial charge in [-0.25, -0.2) is 0 Å². The second-order valence-electron chi connectivity index (χ2n) is 20.8. The van der Waals surface area contributed by atoms with Crippen LogP contribution in [-0.2, 0) is 14.3 Å². The summed E-state index contributed by atoms with van der Waals surface area (Å²) < 4.78 is 11.3. The number of allylic oxidation sites excluding steroid dienone is 3. The monoisotopic (exact) mass is 964 g/mol. The third-order valence-corrected chi connectivity index (χ3v) is 14.3. The van der Waals surface area contributed by atoms with E-state index in [0.717, 1.165) is 38.5 Å². The highest BCUT2D eigenvalue weighted by molar-refractivity contribution is 5.76. The van der Waals surface area contributed by atoms with E-state index >= 15 is 0 Å². The van der Waals surface area contributed by atoms with Crippen molar-refractivity contribution in [1.29, 1.82) is 0 Å². The lowest BCUT2D eigenvalue weighted by Crippen LogP contribution is -2.60. The first-order chi connectivity index (χ1) is 33.3. The molecular weight excluding hydrogens is 851 g/mol. The van der Waals surface area contributed by atoms with Crippen molar-refractivity contribution >= 4 is 5.91 Å². The van der Waals surface area contributed by atoms with Crippen LogP contribution in [0.25, 0.3) is 0 Å². The van der Waals surface area contributed by atoms with Gasteiger partial charge in [-0.15, -0.1) is 0 Å². The maximum absolute atomic E-state index is 13.1. The number of aliphatic hydroxyl groups is 5. The number of carbonyl (C=O) groups is 1. The zero-order valence-corrected chi connectivity index (χ0v) is 44.6. The summed E-state index contributed by atoms with van der Waals surface area (Å²) in [6.07, 6.45) is 55.4. The quantitative estimate of drug-likeness (QED) is 0.0261. The third-order valence-electron chi connectivity index (χ3n) is 14.3. The van der Waals surface area contributed by atoms with E-state index in [1.54, 1.807) is 6.08 Å². The Hall–Kier alpha value is -1.33. The molecule has 1 aliphatic rings. The Kier molecular flexibility index (Phi) is 46.9. The number of unbranched alkanes of at least 4 members (excludes halogenated alkanes) is 39. The summed E-state index contributed by atoms with van der Waals surface area (Å²) in [7, 11) is 0. The molecule has 1 fully saturated rings. The molecule has 0 saturated carbocycles. The van der Waals surface area contributed by atoms with Gasteiger partial charge < -0.3 is 40.3 Å². The van der Waals surface area contributed by atoms with Gasteiger partial charge >= 0.3 is 0 Å². The Labute approximate surface area is 419 Å². The van der Waals surface area contributed by atoms with Gasteiger partial charge in [-0.05, 0) is 32.1 Å². The largest absolute Gasteiger partial charge is 0.394 e. The van der Waals surface area contributed by atoms with Gasteiger partial charge in [0.1, 0.15) is 24.4 Å². The Bertz CT molecular complexity index is 1120. The third kappa shape index (κ3) is 38.4.